The Balaban J connectivity index is 1.52. The van der Waals surface area contributed by atoms with E-state index in [1.165, 1.54) is 6.20 Å². The van der Waals surface area contributed by atoms with Crippen LogP contribution in [0, 0.1) is 11.3 Å². The summed E-state index contributed by atoms with van der Waals surface area (Å²) in [5.41, 5.74) is 1.33. The molecular formula is C17H14ClN3O2. The molecule has 3 rings (SSSR count). The fraction of sp³-hybridized carbons (Fsp3) is 0.235. The van der Waals surface area contributed by atoms with Gasteiger partial charge in [0.05, 0.1) is 31.1 Å². The van der Waals surface area contributed by atoms with E-state index < -0.39 is 0 Å². The minimum absolute atomic E-state index is 0.0247. The molecule has 1 fully saturated rings. The molecule has 0 saturated carbocycles. The molecule has 5 nitrogen and oxygen atoms in total. The van der Waals surface area contributed by atoms with Crippen molar-refractivity contribution in [1.82, 2.24) is 9.88 Å². The fourth-order valence-electron chi connectivity index (χ4n) is 2.35. The topological polar surface area (TPSA) is 66.2 Å². The molecule has 0 unspecified atom stereocenters. The van der Waals surface area contributed by atoms with Gasteiger partial charge < -0.3 is 9.64 Å². The number of ether oxygens (including phenoxy) is 1. The molecule has 0 N–H and O–H groups in total. The zero-order valence-corrected chi connectivity index (χ0v) is 13.0. The Bertz CT molecular complexity index is 766. The lowest BCUT2D eigenvalue weighted by Gasteiger charge is -2.38. The lowest BCUT2D eigenvalue weighted by Crippen LogP contribution is -2.56. The molecule has 2 aromatic rings. The molecular weight excluding hydrogens is 314 g/mol. The van der Waals surface area contributed by atoms with Gasteiger partial charge in [-0.3, -0.25) is 4.79 Å². The van der Waals surface area contributed by atoms with E-state index in [0.29, 0.717) is 29.6 Å². The molecule has 0 bridgehead atoms. The molecule has 1 amide bonds. The maximum Gasteiger partial charge on any atom is 0.227 e. The lowest BCUT2D eigenvalue weighted by molar-refractivity contribution is -0.139. The Labute approximate surface area is 139 Å². The molecule has 116 valence electrons. The predicted molar refractivity (Wildman–Crippen MR) is 85.1 cm³/mol. The minimum Gasteiger partial charge on any atom is -0.471 e. The Morgan fingerprint density at radius 2 is 2.17 bits per heavy atom. The molecule has 0 atom stereocenters. The fourth-order valence-corrected chi connectivity index (χ4v) is 2.55. The van der Waals surface area contributed by atoms with E-state index in [0.717, 1.165) is 5.56 Å². The van der Waals surface area contributed by atoms with E-state index in [9.17, 15) is 4.79 Å². The number of likely N-dealkylation sites (tertiary alicyclic amines) is 1. The van der Waals surface area contributed by atoms with E-state index in [1.807, 2.05) is 24.3 Å². The highest BCUT2D eigenvalue weighted by Gasteiger charge is 2.32. The second-order valence-corrected chi connectivity index (χ2v) is 5.71. The first-order valence-electron chi connectivity index (χ1n) is 7.19. The van der Waals surface area contributed by atoms with Crippen molar-refractivity contribution >= 4 is 17.5 Å². The maximum absolute atomic E-state index is 12.2. The normalized spacial score (nSPS) is 14.0. The minimum atomic E-state index is -0.0911. The number of halogens is 1. The molecule has 1 aliphatic rings. The average Bonchev–Trinajstić information content (AvgIpc) is 2.52. The standard InChI is InChI=1S/C17H14ClN3O2/c18-15-4-2-1-3-13(15)8-17(22)21-10-14(11-21)23-16-7-12(9-19)5-6-20-16/h1-7,14H,8,10-11H2. The molecule has 0 spiro atoms. The van der Waals surface area contributed by atoms with Crippen molar-refractivity contribution in [2.75, 3.05) is 13.1 Å². The van der Waals surface area contributed by atoms with Crippen LogP contribution < -0.4 is 4.74 Å². The van der Waals surface area contributed by atoms with Crippen molar-refractivity contribution < 1.29 is 9.53 Å². The summed E-state index contributed by atoms with van der Waals surface area (Å²) in [4.78, 5) is 18.0. The number of amides is 1. The van der Waals surface area contributed by atoms with Gasteiger partial charge >= 0.3 is 0 Å². The van der Waals surface area contributed by atoms with Crippen LogP contribution >= 0.6 is 11.6 Å². The van der Waals surface area contributed by atoms with Crippen molar-refractivity contribution in [3.05, 3.63) is 58.7 Å². The van der Waals surface area contributed by atoms with Gasteiger partial charge in [0.25, 0.3) is 0 Å². The van der Waals surface area contributed by atoms with Crippen molar-refractivity contribution in [3.8, 4) is 11.9 Å². The van der Waals surface area contributed by atoms with Crippen LogP contribution in [0.5, 0.6) is 5.88 Å². The van der Waals surface area contributed by atoms with Gasteiger partial charge in [-0.25, -0.2) is 4.98 Å². The summed E-state index contributed by atoms with van der Waals surface area (Å²) in [5, 5.41) is 9.45. The number of carbonyl (C=O) groups is 1. The third-order valence-corrected chi connectivity index (χ3v) is 4.02. The van der Waals surface area contributed by atoms with Crippen molar-refractivity contribution in [1.29, 1.82) is 5.26 Å². The predicted octanol–water partition coefficient (Wildman–Crippen LogP) is 2.44. The highest BCUT2D eigenvalue weighted by Crippen LogP contribution is 2.20. The number of nitrogens with zero attached hydrogens (tertiary/aromatic N) is 3. The number of pyridine rings is 1. The van der Waals surface area contributed by atoms with Crippen LogP contribution in [-0.2, 0) is 11.2 Å². The van der Waals surface area contributed by atoms with Gasteiger partial charge in [0, 0.05) is 17.3 Å². The molecule has 0 radical (unpaired) electrons. The van der Waals surface area contributed by atoms with Crippen molar-refractivity contribution in [3.63, 3.8) is 0 Å². The summed E-state index contributed by atoms with van der Waals surface area (Å²) in [6.07, 6.45) is 1.73. The number of aromatic nitrogens is 1. The average molecular weight is 328 g/mol. The van der Waals surface area contributed by atoms with Crippen molar-refractivity contribution in [2.45, 2.75) is 12.5 Å². The second kappa shape index (κ2) is 6.67. The first-order chi connectivity index (χ1) is 11.2. The van der Waals surface area contributed by atoms with E-state index >= 15 is 0 Å². The van der Waals surface area contributed by atoms with Crippen LogP contribution in [0.4, 0.5) is 0 Å². The second-order valence-electron chi connectivity index (χ2n) is 5.30. The first kappa shape index (κ1) is 15.3. The zero-order valence-electron chi connectivity index (χ0n) is 12.3. The highest BCUT2D eigenvalue weighted by atomic mass is 35.5. The molecule has 1 aromatic carbocycles. The highest BCUT2D eigenvalue weighted by molar-refractivity contribution is 6.31. The van der Waals surface area contributed by atoms with Crippen LogP contribution in [-0.4, -0.2) is 35.0 Å². The maximum atomic E-state index is 12.2. The number of hydrogen-bond donors (Lipinski definition) is 0. The molecule has 23 heavy (non-hydrogen) atoms. The van der Waals surface area contributed by atoms with Gasteiger partial charge in [-0.15, -0.1) is 0 Å². The summed E-state index contributed by atoms with van der Waals surface area (Å²) in [7, 11) is 0. The monoisotopic (exact) mass is 327 g/mol. The number of nitriles is 1. The quantitative estimate of drug-likeness (QED) is 0.865. The Kier molecular flexibility index (Phi) is 4.45. The molecule has 1 saturated heterocycles. The van der Waals surface area contributed by atoms with E-state index in [2.05, 4.69) is 4.98 Å². The van der Waals surface area contributed by atoms with Crippen LogP contribution in [0.25, 0.3) is 0 Å². The van der Waals surface area contributed by atoms with Crippen LogP contribution in [0.15, 0.2) is 42.6 Å². The zero-order chi connectivity index (χ0) is 16.2. The summed E-state index contributed by atoms with van der Waals surface area (Å²) in [6, 6.07) is 12.6. The summed E-state index contributed by atoms with van der Waals surface area (Å²) < 4.78 is 5.66. The van der Waals surface area contributed by atoms with Crippen LogP contribution in [0.3, 0.4) is 0 Å². The van der Waals surface area contributed by atoms with Gasteiger partial charge in [0.1, 0.15) is 6.10 Å². The van der Waals surface area contributed by atoms with Gasteiger partial charge in [-0.05, 0) is 17.7 Å². The number of hydrogen-bond acceptors (Lipinski definition) is 4. The smallest absolute Gasteiger partial charge is 0.227 e. The third kappa shape index (κ3) is 3.61. The van der Waals surface area contributed by atoms with Crippen LogP contribution in [0.2, 0.25) is 5.02 Å². The van der Waals surface area contributed by atoms with Gasteiger partial charge in [0.2, 0.25) is 11.8 Å². The summed E-state index contributed by atoms with van der Waals surface area (Å²) in [5.74, 6) is 0.434. The Morgan fingerprint density at radius 1 is 1.39 bits per heavy atom. The Hall–Kier alpha value is -2.58. The van der Waals surface area contributed by atoms with Crippen molar-refractivity contribution in [2.24, 2.45) is 0 Å². The largest absolute Gasteiger partial charge is 0.471 e. The molecule has 0 aliphatic carbocycles. The number of carbonyl (C=O) groups excluding carboxylic acids is 1. The third-order valence-electron chi connectivity index (χ3n) is 3.65. The molecule has 6 heteroatoms. The van der Waals surface area contributed by atoms with E-state index in [1.54, 1.807) is 23.1 Å². The SMILES string of the molecule is N#Cc1ccnc(OC2CN(C(=O)Cc3ccccc3Cl)C2)c1. The number of rotatable bonds is 4. The summed E-state index contributed by atoms with van der Waals surface area (Å²) in [6.45, 7) is 1.03. The van der Waals surface area contributed by atoms with Gasteiger partial charge in [0.15, 0.2) is 0 Å². The molecule has 1 aliphatic heterocycles. The van der Waals surface area contributed by atoms with Crippen LogP contribution in [0.1, 0.15) is 11.1 Å². The van der Waals surface area contributed by atoms with E-state index in [-0.39, 0.29) is 18.4 Å². The lowest BCUT2D eigenvalue weighted by atomic mass is 10.1. The van der Waals surface area contributed by atoms with E-state index in [4.69, 9.17) is 21.6 Å². The van der Waals surface area contributed by atoms with Gasteiger partial charge in [-0.2, -0.15) is 5.26 Å². The van der Waals surface area contributed by atoms with Gasteiger partial charge in [-0.1, -0.05) is 29.8 Å². The first-order valence-corrected chi connectivity index (χ1v) is 7.57. The Morgan fingerprint density at radius 3 is 2.91 bits per heavy atom. The molecule has 1 aromatic heterocycles. The summed E-state index contributed by atoms with van der Waals surface area (Å²) >= 11 is 6.07. The number of benzene rings is 1. The molecule has 2 heterocycles.